The molecule has 0 spiro atoms. The van der Waals surface area contributed by atoms with Crippen molar-refractivity contribution in [3.05, 3.63) is 40.0 Å². The minimum atomic E-state index is 0.0937. The number of rotatable bonds is 4. The third kappa shape index (κ3) is 2.88. The van der Waals surface area contributed by atoms with Crippen LogP contribution in [-0.2, 0) is 13.2 Å². The van der Waals surface area contributed by atoms with Gasteiger partial charge in [0.05, 0.1) is 16.6 Å². The van der Waals surface area contributed by atoms with Crippen LogP contribution in [-0.4, -0.2) is 10.2 Å². The molecular weight excluding hydrogens is 265 g/mol. The van der Waals surface area contributed by atoms with E-state index in [1.807, 2.05) is 0 Å². The highest BCUT2D eigenvalue weighted by molar-refractivity contribution is 6.37. The van der Waals surface area contributed by atoms with Crippen molar-refractivity contribution < 1.29 is 9.15 Å². The topological polar surface area (TPSA) is 74.2 Å². The SMILES string of the molecule is NCc1nnc(COc2c(Cl)cccc2Cl)o1. The number of nitrogens with two attached hydrogens (primary N) is 1. The maximum absolute atomic E-state index is 5.93. The van der Waals surface area contributed by atoms with Crippen LogP contribution in [0, 0.1) is 0 Å². The lowest BCUT2D eigenvalue weighted by molar-refractivity contribution is 0.259. The van der Waals surface area contributed by atoms with Gasteiger partial charge in [0.15, 0.2) is 12.4 Å². The molecule has 17 heavy (non-hydrogen) atoms. The molecule has 2 rings (SSSR count). The van der Waals surface area contributed by atoms with E-state index in [0.29, 0.717) is 27.6 Å². The van der Waals surface area contributed by atoms with Crippen molar-refractivity contribution in [3.63, 3.8) is 0 Å². The molecule has 0 aliphatic heterocycles. The van der Waals surface area contributed by atoms with E-state index in [2.05, 4.69) is 10.2 Å². The predicted molar refractivity (Wildman–Crippen MR) is 63.0 cm³/mol. The summed E-state index contributed by atoms with van der Waals surface area (Å²) in [5.74, 6) is 1.07. The summed E-state index contributed by atoms with van der Waals surface area (Å²) in [5, 5.41) is 8.31. The quantitative estimate of drug-likeness (QED) is 0.926. The summed E-state index contributed by atoms with van der Waals surface area (Å²) in [4.78, 5) is 0. The minimum Gasteiger partial charge on any atom is -0.481 e. The van der Waals surface area contributed by atoms with Gasteiger partial charge in [-0.3, -0.25) is 0 Å². The standard InChI is InChI=1S/C10H9Cl2N3O2/c11-6-2-1-3-7(12)10(6)16-5-9-15-14-8(4-13)17-9/h1-3H,4-5,13H2. The van der Waals surface area contributed by atoms with E-state index in [4.69, 9.17) is 38.1 Å². The third-order valence-electron chi connectivity index (χ3n) is 1.94. The van der Waals surface area contributed by atoms with Gasteiger partial charge in [-0.2, -0.15) is 0 Å². The monoisotopic (exact) mass is 273 g/mol. The Labute approximate surface area is 107 Å². The first-order chi connectivity index (χ1) is 8.20. The Morgan fingerprint density at radius 1 is 1.18 bits per heavy atom. The van der Waals surface area contributed by atoms with E-state index < -0.39 is 0 Å². The van der Waals surface area contributed by atoms with Crippen LogP contribution in [0.3, 0.4) is 0 Å². The first-order valence-electron chi connectivity index (χ1n) is 4.79. The number of halogens is 2. The average Bonchev–Trinajstić information content (AvgIpc) is 2.76. The fraction of sp³-hybridized carbons (Fsp3) is 0.200. The van der Waals surface area contributed by atoms with Gasteiger partial charge in [-0.1, -0.05) is 29.3 Å². The van der Waals surface area contributed by atoms with Crippen molar-refractivity contribution in [2.24, 2.45) is 5.73 Å². The molecule has 2 N–H and O–H groups in total. The molecule has 90 valence electrons. The van der Waals surface area contributed by atoms with Crippen LogP contribution < -0.4 is 10.5 Å². The van der Waals surface area contributed by atoms with E-state index >= 15 is 0 Å². The van der Waals surface area contributed by atoms with Gasteiger partial charge in [0.2, 0.25) is 5.89 Å². The van der Waals surface area contributed by atoms with Crippen molar-refractivity contribution in [1.82, 2.24) is 10.2 Å². The molecule has 0 saturated heterocycles. The number of nitrogens with zero attached hydrogens (tertiary/aromatic N) is 2. The van der Waals surface area contributed by atoms with Gasteiger partial charge in [0.25, 0.3) is 5.89 Å². The van der Waals surface area contributed by atoms with Crippen LogP contribution in [0.5, 0.6) is 5.75 Å². The second-order valence-corrected chi connectivity index (χ2v) is 3.95. The highest BCUT2D eigenvalue weighted by Gasteiger charge is 2.10. The van der Waals surface area contributed by atoms with Crippen LogP contribution in [0.25, 0.3) is 0 Å². The Morgan fingerprint density at radius 2 is 1.82 bits per heavy atom. The van der Waals surface area contributed by atoms with Gasteiger partial charge in [0, 0.05) is 0 Å². The summed E-state index contributed by atoms with van der Waals surface area (Å²) in [6.45, 7) is 0.288. The predicted octanol–water partition coefficient (Wildman–Crippen LogP) is 2.41. The zero-order valence-corrected chi connectivity index (χ0v) is 10.2. The molecule has 0 saturated carbocycles. The van der Waals surface area contributed by atoms with Crippen LogP contribution >= 0.6 is 23.2 Å². The van der Waals surface area contributed by atoms with Gasteiger partial charge in [-0.25, -0.2) is 0 Å². The lowest BCUT2D eigenvalue weighted by Gasteiger charge is -2.06. The van der Waals surface area contributed by atoms with Crippen LogP contribution in [0.2, 0.25) is 10.0 Å². The Kier molecular flexibility index (Phi) is 3.83. The highest BCUT2D eigenvalue weighted by atomic mass is 35.5. The molecule has 2 aromatic rings. The smallest absolute Gasteiger partial charge is 0.253 e. The van der Waals surface area contributed by atoms with Crippen LogP contribution in [0.15, 0.2) is 22.6 Å². The summed E-state index contributed by atoms with van der Waals surface area (Å²) < 4.78 is 10.6. The molecule has 0 atom stereocenters. The Hall–Kier alpha value is -1.30. The molecule has 0 aliphatic rings. The third-order valence-corrected chi connectivity index (χ3v) is 2.54. The lowest BCUT2D eigenvalue weighted by atomic mass is 10.3. The minimum absolute atomic E-state index is 0.0937. The molecule has 0 unspecified atom stereocenters. The largest absolute Gasteiger partial charge is 0.481 e. The second-order valence-electron chi connectivity index (χ2n) is 3.13. The normalized spacial score (nSPS) is 10.5. The average molecular weight is 274 g/mol. The molecule has 0 radical (unpaired) electrons. The molecule has 5 nitrogen and oxygen atoms in total. The molecular formula is C10H9Cl2N3O2. The van der Waals surface area contributed by atoms with Crippen molar-refractivity contribution in [3.8, 4) is 5.75 Å². The van der Waals surface area contributed by atoms with E-state index in [9.17, 15) is 0 Å². The molecule has 0 amide bonds. The Morgan fingerprint density at radius 3 is 2.41 bits per heavy atom. The highest BCUT2D eigenvalue weighted by Crippen LogP contribution is 2.32. The van der Waals surface area contributed by atoms with Gasteiger partial charge in [-0.15, -0.1) is 10.2 Å². The Balaban J connectivity index is 2.07. The van der Waals surface area contributed by atoms with E-state index in [0.717, 1.165) is 0 Å². The van der Waals surface area contributed by atoms with Gasteiger partial charge in [-0.05, 0) is 12.1 Å². The zero-order chi connectivity index (χ0) is 12.3. The number of para-hydroxylation sites is 1. The van der Waals surface area contributed by atoms with Gasteiger partial charge >= 0.3 is 0 Å². The van der Waals surface area contributed by atoms with Crippen molar-refractivity contribution >= 4 is 23.2 Å². The maximum atomic E-state index is 5.93. The summed E-state index contributed by atoms with van der Waals surface area (Å²) in [7, 11) is 0. The first kappa shape index (κ1) is 12.2. The van der Waals surface area contributed by atoms with Crippen molar-refractivity contribution in [2.45, 2.75) is 13.2 Å². The molecule has 7 heteroatoms. The number of hydrogen-bond donors (Lipinski definition) is 1. The summed E-state index contributed by atoms with van der Waals surface area (Å²) in [5.41, 5.74) is 5.34. The number of hydrogen-bond acceptors (Lipinski definition) is 5. The second kappa shape index (κ2) is 5.35. The fourth-order valence-electron chi connectivity index (χ4n) is 1.18. The Bertz CT molecular complexity index is 496. The zero-order valence-electron chi connectivity index (χ0n) is 8.69. The number of benzene rings is 1. The summed E-state index contributed by atoms with van der Waals surface area (Å²) >= 11 is 11.9. The number of ether oxygens (including phenoxy) is 1. The van der Waals surface area contributed by atoms with E-state index in [1.54, 1.807) is 18.2 Å². The first-order valence-corrected chi connectivity index (χ1v) is 5.54. The molecule has 0 aliphatic carbocycles. The fourth-order valence-corrected chi connectivity index (χ4v) is 1.69. The van der Waals surface area contributed by atoms with Crippen LogP contribution in [0.1, 0.15) is 11.8 Å². The summed E-state index contributed by atoms with van der Waals surface area (Å²) in [6, 6.07) is 5.10. The van der Waals surface area contributed by atoms with Crippen molar-refractivity contribution in [1.29, 1.82) is 0 Å². The molecule has 0 bridgehead atoms. The molecule has 1 heterocycles. The van der Waals surface area contributed by atoms with Gasteiger partial charge < -0.3 is 14.9 Å². The van der Waals surface area contributed by atoms with Crippen LogP contribution in [0.4, 0.5) is 0 Å². The number of aromatic nitrogens is 2. The van der Waals surface area contributed by atoms with Crippen molar-refractivity contribution in [2.75, 3.05) is 0 Å². The molecule has 1 aromatic heterocycles. The molecule has 1 aromatic carbocycles. The molecule has 0 fully saturated rings. The van der Waals surface area contributed by atoms with E-state index in [-0.39, 0.29) is 13.2 Å². The summed E-state index contributed by atoms with van der Waals surface area (Å²) in [6.07, 6.45) is 0. The maximum Gasteiger partial charge on any atom is 0.253 e. The van der Waals surface area contributed by atoms with E-state index in [1.165, 1.54) is 0 Å². The lowest BCUT2D eigenvalue weighted by Crippen LogP contribution is -1.97. The van der Waals surface area contributed by atoms with Gasteiger partial charge in [0.1, 0.15) is 0 Å².